The van der Waals surface area contributed by atoms with Gasteiger partial charge in [-0.05, 0) is 18.4 Å². The molecule has 0 radical (unpaired) electrons. The lowest BCUT2D eigenvalue weighted by Gasteiger charge is -2.26. The van der Waals surface area contributed by atoms with E-state index in [0.29, 0.717) is 13.1 Å². The minimum Gasteiger partial charge on any atom is -0.371 e. The minimum absolute atomic E-state index is 0.0427. The Morgan fingerprint density at radius 2 is 1.48 bits per heavy atom. The molecule has 0 unspecified atom stereocenters. The molecule has 5 nitrogen and oxygen atoms in total. The predicted molar refractivity (Wildman–Crippen MR) is 81.7 cm³/mol. The molecule has 0 fully saturated rings. The molecule has 0 spiro atoms. The normalized spacial score (nSPS) is 11.0. The molecule has 1 aromatic rings. The highest BCUT2D eigenvalue weighted by atomic mass is 16.3. The molecule has 1 aromatic carbocycles. The van der Waals surface area contributed by atoms with Crippen LogP contribution in [-0.4, -0.2) is 35.6 Å². The Balaban J connectivity index is 2.92. The number of hydrogen-bond donors (Lipinski definition) is 3. The van der Waals surface area contributed by atoms with E-state index in [-0.39, 0.29) is 6.42 Å². The fourth-order valence-electron chi connectivity index (χ4n) is 1.92. The Kier molecular flexibility index (Phi) is 6.88. The van der Waals surface area contributed by atoms with Crippen LogP contribution in [0.15, 0.2) is 30.3 Å². The molecule has 0 aliphatic rings. The first kappa shape index (κ1) is 17.2. The van der Waals surface area contributed by atoms with Gasteiger partial charge in [-0.1, -0.05) is 44.2 Å². The van der Waals surface area contributed by atoms with E-state index in [2.05, 4.69) is 10.6 Å². The number of aliphatic hydroxyl groups is 1. The Morgan fingerprint density at radius 1 is 1.00 bits per heavy atom. The van der Waals surface area contributed by atoms with Gasteiger partial charge in [-0.2, -0.15) is 0 Å². The van der Waals surface area contributed by atoms with Crippen LogP contribution in [0.5, 0.6) is 0 Å². The van der Waals surface area contributed by atoms with E-state index in [9.17, 15) is 14.7 Å². The van der Waals surface area contributed by atoms with Crippen molar-refractivity contribution in [1.82, 2.24) is 10.6 Å². The van der Waals surface area contributed by atoms with E-state index in [1.54, 1.807) is 12.1 Å². The van der Waals surface area contributed by atoms with Crippen molar-refractivity contribution in [2.75, 3.05) is 13.1 Å². The molecule has 116 valence electrons. The summed E-state index contributed by atoms with van der Waals surface area (Å²) in [4.78, 5) is 24.4. The third-order valence-electron chi connectivity index (χ3n) is 3.13. The van der Waals surface area contributed by atoms with Gasteiger partial charge in [0.2, 0.25) is 5.60 Å². The molecule has 21 heavy (non-hydrogen) atoms. The van der Waals surface area contributed by atoms with Gasteiger partial charge in [-0.15, -0.1) is 0 Å². The highest BCUT2D eigenvalue weighted by Gasteiger charge is 2.43. The van der Waals surface area contributed by atoms with Gasteiger partial charge in [-0.25, -0.2) is 0 Å². The van der Waals surface area contributed by atoms with Crippen LogP contribution < -0.4 is 10.6 Å². The molecule has 0 saturated carbocycles. The summed E-state index contributed by atoms with van der Waals surface area (Å²) in [5.41, 5.74) is -1.34. The molecule has 0 aromatic heterocycles. The Hall–Kier alpha value is -1.88. The molecule has 0 atom stereocenters. The first-order valence-corrected chi connectivity index (χ1v) is 7.37. The van der Waals surface area contributed by atoms with Crippen molar-refractivity contribution in [3.05, 3.63) is 35.9 Å². The average Bonchev–Trinajstić information content (AvgIpc) is 2.50. The average molecular weight is 292 g/mol. The van der Waals surface area contributed by atoms with Crippen LogP contribution in [0.1, 0.15) is 32.3 Å². The van der Waals surface area contributed by atoms with Crippen molar-refractivity contribution in [2.24, 2.45) is 0 Å². The minimum atomic E-state index is -2.08. The van der Waals surface area contributed by atoms with Crippen molar-refractivity contribution < 1.29 is 14.7 Å². The van der Waals surface area contributed by atoms with Crippen LogP contribution in [-0.2, 0) is 16.0 Å². The summed E-state index contributed by atoms with van der Waals surface area (Å²) >= 11 is 0. The molecular formula is C16H24N2O3. The fraction of sp³-hybridized carbons (Fsp3) is 0.500. The summed E-state index contributed by atoms with van der Waals surface area (Å²) < 4.78 is 0. The summed E-state index contributed by atoms with van der Waals surface area (Å²) in [7, 11) is 0. The maximum Gasteiger partial charge on any atom is 0.262 e. The standard InChI is InChI=1S/C16H24N2O3/c1-3-10-17-14(19)16(21,15(20)18-11-4-2)12-13-8-6-5-7-9-13/h5-9,21H,3-4,10-12H2,1-2H3,(H,17,19)(H,18,20). The Morgan fingerprint density at radius 3 is 1.90 bits per heavy atom. The topological polar surface area (TPSA) is 78.4 Å². The third-order valence-corrected chi connectivity index (χ3v) is 3.13. The highest BCUT2D eigenvalue weighted by Crippen LogP contribution is 2.15. The maximum absolute atomic E-state index is 12.2. The largest absolute Gasteiger partial charge is 0.371 e. The quantitative estimate of drug-likeness (QED) is 0.626. The Labute approximate surface area is 125 Å². The summed E-state index contributed by atoms with van der Waals surface area (Å²) in [6.45, 7) is 4.68. The fourth-order valence-corrected chi connectivity index (χ4v) is 1.92. The second-order valence-corrected chi connectivity index (χ2v) is 5.03. The molecule has 0 aliphatic heterocycles. The van der Waals surface area contributed by atoms with E-state index in [1.165, 1.54) is 0 Å². The number of amides is 2. The number of rotatable bonds is 8. The van der Waals surface area contributed by atoms with Crippen LogP contribution in [0.4, 0.5) is 0 Å². The van der Waals surface area contributed by atoms with Crippen LogP contribution in [0.25, 0.3) is 0 Å². The molecule has 0 saturated heterocycles. The van der Waals surface area contributed by atoms with Crippen LogP contribution in [0, 0.1) is 0 Å². The summed E-state index contributed by atoms with van der Waals surface area (Å²) in [5, 5.41) is 15.8. The molecule has 0 aliphatic carbocycles. The zero-order valence-electron chi connectivity index (χ0n) is 12.7. The van der Waals surface area contributed by atoms with Gasteiger partial charge in [0.15, 0.2) is 0 Å². The van der Waals surface area contributed by atoms with Crippen LogP contribution >= 0.6 is 0 Å². The van der Waals surface area contributed by atoms with Crippen LogP contribution in [0.2, 0.25) is 0 Å². The van der Waals surface area contributed by atoms with Gasteiger partial charge in [0.1, 0.15) is 0 Å². The van der Waals surface area contributed by atoms with Crippen LogP contribution in [0.3, 0.4) is 0 Å². The predicted octanol–water partition coefficient (Wildman–Crippen LogP) is 1.01. The van der Waals surface area contributed by atoms with E-state index in [1.807, 2.05) is 32.0 Å². The van der Waals surface area contributed by atoms with E-state index >= 15 is 0 Å². The zero-order chi connectivity index (χ0) is 15.7. The molecule has 5 heteroatoms. The molecule has 3 N–H and O–H groups in total. The second kappa shape index (κ2) is 8.42. The Bertz CT molecular complexity index is 440. The van der Waals surface area contributed by atoms with Gasteiger partial charge in [0.05, 0.1) is 0 Å². The maximum atomic E-state index is 12.2. The van der Waals surface area contributed by atoms with Crippen molar-refractivity contribution in [3.8, 4) is 0 Å². The summed E-state index contributed by atoms with van der Waals surface area (Å²) in [6.07, 6.45) is 1.44. The van der Waals surface area contributed by atoms with Gasteiger partial charge in [0, 0.05) is 19.5 Å². The van der Waals surface area contributed by atoms with E-state index in [0.717, 1.165) is 18.4 Å². The molecule has 0 heterocycles. The van der Waals surface area contributed by atoms with E-state index < -0.39 is 17.4 Å². The lowest BCUT2D eigenvalue weighted by atomic mass is 9.92. The SMILES string of the molecule is CCCNC(=O)C(O)(Cc1ccccc1)C(=O)NCCC. The third kappa shape index (κ3) is 4.86. The highest BCUT2D eigenvalue weighted by molar-refractivity contribution is 6.08. The van der Waals surface area contributed by atoms with Gasteiger partial charge >= 0.3 is 0 Å². The number of carbonyl (C=O) groups excluding carboxylic acids is 2. The van der Waals surface area contributed by atoms with Crippen molar-refractivity contribution in [3.63, 3.8) is 0 Å². The number of hydrogen-bond acceptors (Lipinski definition) is 3. The lowest BCUT2D eigenvalue weighted by Crippen LogP contribution is -2.58. The first-order valence-electron chi connectivity index (χ1n) is 7.37. The second-order valence-electron chi connectivity index (χ2n) is 5.03. The lowest BCUT2D eigenvalue weighted by molar-refractivity contribution is -0.153. The first-order chi connectivity index (χ1) is 10.0. The molecular weight excluding hydrogens is 268 g/mol. The van der Waals surface area contributed by atoms with E-state index in [4.69, 9.17) is 0 Å². The van der Waals surface area contributed by atoms with Crippen molar-refractivity contribution >= 4 is 11.8 Å². The smallest absolute Gasteiger partial charge is 0.262 e. The summed E-state index contributed by atoms with van der Waals surface area (Å²) in [5.74, 6) is -1.30. The van der Waals surface area contributed by atoms with Gasteiger partial charge < -0.3 is 15.7 Å². The zero-order valence-corrected chi connectivity index (χ0v) is 12.7. The monoisotopic (exact) mass is 292 g/mol. The van der Waals surface area contributed by atoms with Crippen molar-refractivity contribution in [1.29, 1.82) is 0 Å². The van der Waals surface area contributed by atoms with Gasteiger partial charge in [0.25, 0.3) is 11.8 Å². The number of carbonyl (C=O) groups is 2. The van der Waals surface area contributed by atoms with Gasteiger partial charge in [-0.3, -0.25) is 9.59 Å². The molecule has 0 bridgehead atoms. The molecule has 1 rings (SSSR count). The summed E-state index contributed by atoms with van der Waals surface area (Å²) in [6, 6.07) is 9.03. The number of nitrogens with one attached hydrogen (secondary N) is 2. The molecule has 2 amide bonds. The number of benzene rings is 1. The van der Waals surface area contributed by atoms with Crippen molar-refractivity contribution in [2.45, 2.75) is 38.7 Å².